The van der Waals surface area contributed by atoms with Gasteiger partial charge >= 0.3 is 0 Å². The lowest BCUT2D eigenvalue weighted by Crippen LogP contribution is -1.89. The van der Waals surface area contributed by atoms with E-state index in [2.05, 4.69) is 24.2 Å². The number of rotatable bonds is 6. The highest BCUT2D eigenvalue weighted by molar-refractivity contribution is 5.36. The van der Waals surface area contributed by atoms with Crippen LogP contribution in [0.1, 0.15) is 32.6 Å². The summed E-state index contributed by atoms with van der Waals surface area (Å²) in [7, 11) is 0. The zero-order chi connectivity index (χ0) is 10.4. The lowest BCUT2D eigenvalue weighted by molar-refractivity contribution is -0.128. The molecule has 0 saturated heterocycles. The molecule has 0 N–H and O–H groups in total. The van der Waals surface area contributed by atoms with Crippen molar-refractivity contribution in [2.75, 3.05) is 6.61 Å². The first-order valence-corrected chi connectivity index (χ1v) is 4.43. The second kappa shape index (κ2) is 17.0. The number of terminal acetylenes is 1. The molecule has 74 valence electrons. The zero-order valence-corrected chi connectivity index (χ0v) is 8.29. The van der Waals surface area contributed by atoms with E-state index in [0.29, 0.717) is 19.5 Å². The van der Waals surface area contributed by atoms with Crippen LogP contribution < -0.4 is 0 Å². The van der Waals surface area contributed by atoms with Gasteiger partial charge in [-0.1, -0.05) is 25.8 Å². The summed E-state index contributed by atoms with van der Waals surface area (Å²) in [5.41, 5.74) is 0. The minimum atomic E-state index is 0.496. The SMILES string of the molecule is C#CCC=C.CCCCCOC=O. The summed E-state index contributed by atoms with van der Waals surface area (Å²) in [5, 5.41) is 0. The Morgan fingerprint density at radius 2 is 2.23 bits per heavy atom. The highest BCUT2D eigenvalue weighted by atomic mass is 16.5. The van der Waals surface area contributed by atoms with E-state index < -0.39 is 0 Å². The molecular weight excluding hydrogens is 164 g/mol. The number of carbonyl (C=O) groups excluding carboxylic acids is 1. The summed E-state index contributed by atoms with van der Waals surface area (Å²) in [6.45, 7) is 6.60. The number of ether oxygens (including phenoxy) is 1. The molecule has 0 aromatic heterocycles. The lowest BCUT2D eigenvalue weighted by Gasteiger charge is -1.93. The van der Waals surface area contributed by atoms with Crippen LogP contribution in [0.15, 0.2) is 12.7 Å². The van der Waals surface area contributed by atoms with Crippen molar-refractivity contribution in [2.24, 2.45) is 0 Å². The predicted octanol–water partition coefficient (Wildman–Crippen LogP) is 2.55. The van der Waals surface area contributed by atoms with Crippen molar-refractivity contribution in [3.05, 3.63) is 12.7 Å². The number of unbranched alkanes of at least 4 members (excludes halogenated alkanes) is 2. The smallest absolute Gasteiger partial charge is 0.293 e. The Morgan fingerprint density at radius 1 is 1.54 bits per heavy atom. The molecule has 0 aliphatic heterocycles. The minimum Gasteiger partial charge on any atom is -0.468 e. The molecule has 0 saturated carbocycles. The number of hydrogen-bond donors (Lipinski definition) is 0. The van der Waals surface area contributed by atoms with Crippen molar-refractivity contribution in [2.45, 2.75) is 32.6 Å². The highest BCUT2D eigenvalue weighted by Crippen LogP contribution is 1.91. The Balaban J connectivity index is 0. The molecule has 0 amide bonds. The van der Waals surface area contributed by atoms with Gasteiger partial charge in [-0.2, -0.15) is 0 Å². The third-order valence-corrected chi connectivity index (χ3v) is 1.20. The number of hydrogen-bond acceptors (Lipinski definition) is 2. The van der Waals surface area contributed by atoms with E-state index >= 15 is 0 Å². The second-order valence-corrected chi connectivity index (χ2v) is 2.37. The molecule has 0 bridgehead atoms. The van der Waals surface area contributed by atoms with E-state index in [1.807, 2.05) is 0 Å². The van der Waals surface area contributed by atoms with Gasteiger partial charge in [-0.3, -0.25) is 4.79 Å². The van der Waals surface area contributed by atoms with Gasteiger partial charge in [0.1, 0.15) is 0 Å². The zero-order valence-electron chi connectivity index (χ0n) is 8.29. The van der Waals surface area contributed by atoms with E-state index in [4.69, 9.17) is 6.42 Å². The normalized spacial score (nSPS) is 7.38. The molecule has 0 spiro atoms. The van der Waals surface area contributed by atoms with Crippen molar-refractivity contribution < 1.29 is 9.53 Å². The van der Waals surface area contributed by atoms with Gasteiger partial charge in [-0.25, -0.2) is 0 Å². The van der Waals surface area contributed by atoms with Crippen molar-refractivity contribution in [1.82, 2.24) is 0 Å². The molecule has 0 aliphatic rings. The van der Waals surface area contributed by atoms with Gasteiger partial charge < -0.3 is 4.74 Å². The number of carbonyl (C=O) groups is 1. The fourth-order valence-corrected chi connectivity index (χ4v) is 0.567. The molecule has 0 aromatic rings. The lowest BCUT2D eigenvalue weighted by atomic mass is 10.3. The summed E-state index contributed by atoms with van der Waals surface area (Å²) in [6.07, 6.45) is 10.5. The predicted molar refractivity (Wildman–Crippen MR) is 55.2 cm³/mol. The van der Waals surface area contributed by atoms with E-state index in [9.17, 15) is 4.79 Å². The first-order chi connectivity index (χ1) is 6.33. The van der Waals surface area contributed by atoms with Crippen molar-refractivity contribution in [1.29, 1.82) is 0 Å². The highest BCUT2D eigenvalue weighted by Gasteiger charge is 1.82. The van der Waals surface area contributed by atoms with Crippen LogP contribution in [0.4, 0.5) is 0 Å². The maximum atomic E-state index is 9.55. The molecule has 2 nitrogen and oxygen atoms in total. The Labute approximate surface area is 81.0 Å². The maximum absolute atomic E-state index is 9.55. The van der Waals surface area contributed by atoms with Crippen molar-refractivity contribution in [3.63, 3.8) is 0 Å². The van der Waals surface area contributed by atoms with Gasteiger partial charge in [0.2, 0.25) is 0 Å². The summed E-state index contributed by atoms with van der Waals surface area (Å²) in [5.74, 6) is 2.40. The fraction of sp³-hybridized carbons (Fsp3) is 0.545. The quantitative estimate of drug-likeness (QED) is 0.273. The first-order valence-electron chi connectivity index (χ1n) is 4.43. The van der Waals surface area contributed by atoms with Gasteiger partial charge in [-0.05, 0) is 6.42 Å². The Kier molecular flexibility index (Phi) is 18.7. The standard InChI is InChI=1S/C6H12O2.C5H6/c1-2-3-4-5-8-6-7;1-3-5-4-2/h6H,2-5H2,1H3;1,4H,2,5H2. The van der Waals surface area contributed by atoms with Crippen LogP contribution >= 0.6 is 0 Å². The van der Waals surface area contributed by atoms with Crippen LogP contribution in [0.25, 0.3) is 0 Å². The summed E-state index contributed by atoms with van der Waals surface area (Å²) < 4.78 is 4.46. The largest absolute Gasteiger partial charge is 0.468 e. The average molecular weight is 182 g/mol. The first kappa shape index (κ1) is 14.3. The maximum Gasteiger partial charge on any atom is 0.293 e. The topological polar surface area (TPSA) is 26.3 Å². The summed E-state index contributed by atoms with van der Waals surface area (Å²) >= 11 is 0. The Hall–Kier alpha value is -1.23. The number of allylic oxidation sites excluding steroid dienone is 1. The molecular formula is C11H18O2. The molecule has 0 atom stereocenters. The van der Waals surface area contributed by atoms with Crippen molar-refractivity contribution >= 4 is 6.47 Å². The van der Waals surface area contributed by atoms with Crippen LogP contribution in [0.3, 0.4) is 0 Å². The van der Waals surface area contributed by atoms with Crippen LogP contribution in [0, 0.1) is 12.3 Å². The third kappa shape index (κ3) is 24.9. The third-order valence-electron chi connectivity index (χ3n) is 1.20. The van der Waals surface area contributed by atoms with Gasteiger partial charge in [0.15, 0.2) is 0 Å². The van der Waals surface area contributed by atoms with E-state index in [1.165, 1.54) is 6.42 Å². The van der Waals surface area contributed by atoms with E-state index in [1.54, 1.807) is 6.08 Å². The Bertz CT molecular complexity index is 145. The monoisotopic (exact) mass is 182 g/mol. The van der Waals surface area contributed by atoms with E-state index in [-0.39, 0.29) is 0 Å². The van der Waals surface area contributed by atoms with Gasteiger partial charge in [-0.15, -0.1) is 18.9 Å². The van der Waals surface area contributed by atoms with Gasteiger partial charge in [0, 0.05) is 6.42 Å². The molecule has 0 fully saturated rings. The average Bonchev–Trinajstić information content (AvgIpc) is 2.15. The summed E-state index contributed by atoms with van der Waals surface area (Å²) in [6, 6.07) is 0. The van der Waals surface area contributed by atoms with Crippen LogP contribution in [0.5, 0.6) is 0 Å². The molecule has 2 heteroatoms. The molecule has 0 radical (unpaired) electrons. The molecule has 0 aliphatic carbocycles. The molecule has 13 heavy (non-hydrogen) atoms. The fourth-order valence-electron chi connectivity index (χ4n) is 0.567. The second-order valence-electron chi connectivity index (χ2n) is 2.37. The molecule has 0 heterocycles. The van der Waals surface area contributed by atoms with Crippen molar-refractivity contribution in [3.8, 4) is 12.3 Å². The van der Waals surface area contributed by atoms with Crippen LogP contribution in [0.2, 0.25) is 0 Å². The van der Waals surface area contributed by atoms with Gasteiger partial charge in [0.05, 0.1) is 6.61 Å². The molecule has 0 aromatic carbocycles. The molecule has 0 rings (SSSR count). The summed E-state index contributed by atoms with van der Waals surface area (Å²) in [4.78, 5) is 9.55. The Morgan fingerprint density at radius 3 is 2.54 bits per heavy atom. The van der Waals surface area contributed by atoms with Gasteiger partial charge in [0.25, 0.3) is 6.47 Å². The minimum absolute atomic E-state index is 0.496. The van der Waals surface area contributed by atoms with Crippen LogP contribution in [-0.4, -0.2) is 13.1 Å². The van der Waals surface area contributed by atoms with Crippen LogP contribution in [-0.2, 0) is 9.53 Å². The molecule has 0 unspecified atom stereocenters. The van der Waals surface area contributed by atoms with E-state index in [0.717, 1.165) is 12.8 Å².